The van der Waals surface area contributed by atoms with E-state index in [0.717, 1.165) is 0 Å². The van der Waals surface area contributed by atoms with E-state index in [4.69, 9.17) is 5.11 Å². The molecule has 0 aliphatic heterocycles. The molecule has 6 nitrogen and oxygen atoms in total. The first-order chi connectivity index (χ1) is 7.82. The Kier molecular flexibility index (Phi) is 6.79. The molecular weight excluding hydrogens is 246 g/mol. The van der Waals surface area contributed by atoms with Gasteiger partial charge in [0.05, 0.1) is 5.75 Å². The molecule has 0 saturated carbocycles. The van der Waals surface area contributed by atoms with Crippen molar-refractivity contribution in [2.45, 2.75) is 39.2 Å². The summed E-state index contributed by atoms with van der Waals surface area (Å²) in [5.74, 6) is -2.60. The van der Waals surface area contributed by atoms with Gasteiger partial charge in [0.15, 0.2) is 9.84 Å². The molecule has 0 saturated heterocycles. The van der Waals surface area contributed by atoms with Crippen LogP contribution in [0.2, 0.25) is 0 Å². The van der Waals surface area contributed by atoms with E-state index in [-0.39, 0.29) is 12.2 Å². The molecule has 0 radical (unpaired) electrons. The molecule has 0 aromatic rings. The van der Waals surface area contributed by atoms with Gasteiger partial charge in [-0.3, -0.25) is 4.79 Å². The molecule has 0 fully saturated rings. The molecule has 1 unspecified atom stereocenters. The molecular formula is C10H19NO5S. The monoisotopic (exact) mass is 265 g/mol. The fourth-order valence-corrected chi connectivity index (χ4v) is 2.61. The van der Waals surface area contributed by atoms with Gasteiger partial charge in [0.1, 0.15) is 11.8 Å². The van der Waals surface area contributed by atoms with Gasteiger partial charge in [0.25, 0.3) is 0 Å². The number of aliphatic carboxylic acids is 1. The number of carboxylic acids is 1. The molecule has 0 rings (SSSR count). The summed E-state index contributed by atoms with van der Waals surface area (Å²) in [5, 5.41) is 11.0. The Bertz CT molecular complexity index is 363. The lowest BCUT2D eigenvalue weighted by molar-refractivity contribution is -0.141. The molecule has 7 heteroatoms. The highest BCUT2D eigenvalue weighted by molar-refractivity contribution is 7.92. The highest BCUT2D eigenvalue weighted by atomic mass is 32.2. The van der Waals surface area contributed by atoms with Crippen LogP contribution < -0.4 is 5.32 Å². The molecule has 0 aromatic carbocycles. The van der Waals surface area contributed by atoms with E-state index in [0.29, 0.717) is 12.8 Å². The maximum absolute atomic E-state index is 11.4. The van der Waals surface area contributed by atoms with Crippen LogP contribution in [0.4, 0.5) is 0 Å². The summed E-state index contributed by atoms with van der Waals surface area (Å²) in [7, 11) is -3.42. The predicted octanol–water partition coefficient (Wildman–Crippen LogP) is 0.181. The first-order valence-corrected chi connectivity index (χ1v) is 7.37. The number of hydrogen-bond acceptors (Lipinski definition) is 4. The molecule has 0 aromatic heterocycles. The average Bonchev–Trinajstić information content (AvgIpc) is 2.15. The third kappa shape index (κ3) is 6.93. The summed E-state index contributed by atoms with van der Waals surface area (Å²) >= 11 is 0. The lowest BCUT2D eigenvalue weighted by Gasteiger charge is -2.13. The Morgan fingerprint density at radius 1 is 1.24 bits per heavy atom. The number of nitrogens with one attached hydrogen (secondary N) is 1. The van der Waals surface area contributed by atoms with Crippen molar-refractivity contribution in [1.82, 2.24) is 5.32 Å². The Labute approximate surface area is 101 Å². The van der Waals surface area contributed by atoms with Gasteiger partial charge in [0.2, 0.25) is 5.91 Å². The smallest absolute Gasteiger partial charge is 0.326 e. The van der Waals surface area contributed by atoms with Gasteiger partial charge in [-0.1, -0.05) is 20.3 Å². The Morgan fingerprint density at radius 2 is 1.82 bits per heavy atom. The minimum absolute atomic E-state index is 0.0636. The summed E-state index contributed by atoms with van der Waals surface area (Å²) in [5.41, 5.74) is 0. The first kappa shape index (κ1) is 15.9. The first-order valence-electron chi connectivity index (χ1n) is 5.55. The zero-order chi connectivity index (χ0) is 13.5. The molecule has 1 amide bonds. The van der Waals surface area contributed by atoms with Crippen LogP contribution in [-0.2, 0) is 19.4 Å². The number of hydrogen-bond donors (Lipinski definition) is 2. The molecule has 0 heterocycles. The van der Waals surface area contributed by atoms with Crippen molar-refractivity contribution in [1.29, 1.82) is 0 Å². The topological polar surface area (TPSA) is 101 Å². The molecule has 2 N–H and O–H groups in total. The lowest BCUT2D eigenvalue weighted by atomic mass is 10.2. The van der Waals surface area contributed by atoms with Crippen molar-refractivity contribution >= 4 is 21.7 Å². The predicted molar refractivity (Wildman–Crippen MR) is 63.4 cm³/mol. The second kappa shape index (κ2) is 7.26. The number of carboxylic acid groups (broad SMARTS) is 1. The van der Waals surface area contributed by atoms with Gasteiger partial charge in [-0.15, -0.1) is 0 Å². The highest BCUT2D eigenvalue weighted by Crippen LogP contribution is 1.99. The van der Waals surface area contributed by atoms with Crippen LogP contribution in [0, 0.1) is 0 Å². The second-order valence-corrected chi connectivity index (χ2v) is 6.02. The minimum atomic E-state index is -3.42. The number of carbonyl (C=O) groups is 2. The van der Waals surface area contributed by atoms with E-state index in [2.05, 4.69) is 5.32 Å². The zero-order valence-corrected chi connectivity index (χ0v) is 10.9. The normalized spacial score (nSPS) is 13.1. The minimum Gasteiger partial charge on any atom is -0.480 e. The maximum Gasteiger partial charge on any atom is 0.326 e. The molecule has 0 aliphatic carbocycles. The van der Waals surface area contributed by atoms with Crippen molar-refractivity contribution in [3.63, 3.8) is 0 Å². The summed E-state index contributed by atoms with van der Waals surface area (Å²) < 4.78 is 22.7. The zero-order valence-electron chi connectivity index (χ0n) is 10.1. The number of carbonyl (C=O) groups excluding carboxylic acids is 1. The van der Waals surface area contributed by atoms with Crippen LogP contribution in [0.25, 0.3) is 0 Å². The van der Waals surface area contributed by atoms with Crippen LogP contribution in [-0.4, -0.2) is 42.9 Å². The largest absolute Gasteiger partial charge is 0.480 e. The SMILES string of the molecule is CCCC(NC(=O)CS(=O)(=O)CCC)C(=O)O. The molecule has 17 heavy (non-hydrogen) atoms. The number of amides is 1. The average molecular weight is 265 g/mol. The van der Waals surface area contributed by atoms with Gasteiger partial charge in [0, 0.05) is 0 Å². The highest BCUT2D eigenvalue weighted by Gasteiger charge is 2.22. The van der Waals surface area contributed by atoms with Crippen LogP contribution in [0.1, 0.15) is 33.1 Å². The van der Waals surface area contributed by atoms with E-state index < -0.39 is 33.5 Å². The van der Waals surface area contributed by atoms with Crippen LogP contribution in [0.3, 0.4) is 0 Å². The van der Waals surface area contributed by atoms with Crippen LogP contribution in [0.5, 0.6) is 0 Å². The second-order valence-electron chi connectivity index (χ2n) is 3.84. The standard InChI is InChI=1S/C10H19NO5S/c1-3-5-8(10(13)14)11-9(12)7-17(15,16)6-4-2/h8H,3-7H2,1-2H3,(H,11,12)(H,13,14). The van der Waals surface area contributed by atoms with Crippen molar-refractivity contribution in [3.8, 4) is 0 Å². The maximum atomic E-state index is 11.4. The van der Waals surface area contributed by atoms with Crippen molar-refractivity contribution in [3.05, 3.63) is 0 Å². The van der Waals surface area contributed by atoms with Crippen LogP contribution >= 0.6 is 0 Å². The quantitative estimate of drug-likeness (QED) is 0.652. The Hall–Kier alpha value is -1.11. The summed E-state index contributed by atoms with van der Waals surface area (Å²) in [6, 6.07) is -1.01. The van der Waals surface area contributed by atoms with Crippen LogP contribution in [0.15, 0.2) is 0 Å². The Morgan fingerprint density at radius 3 is 2.24 bits per heavy atom. The molecule has 1 atom stereocenters. The summed E-state index contributed by atoms with van der Waals surface area (Å²) in [6.07, 6.45) is 1.32. The van der Waals surface area contributed by atoms with Crippen molar-refractivity contribution in [2.24, 2.45) is 0 Å². The molecule has 100 valence electrons. The van der Waals surface area contributed by atoms with Gasteiger partial charge >= 0.3 is 5.97 Å². The Balaban J connectivity index is 4.38. The summed E-state index contributed by atoms with van der Waals surface area (Å²) in [4.78, 5) is 22.1. The lowest BCUT2D eigenvalue weighted by Crippen LogP contribution is -2.43. The van der Waals surface area contributed by atoms with E-state index in [9.17, 15) is 18.0 Å². The van der Waals surface area contributed by atoms with Crippen molar-refractivity contribution in [2.75, 3.05) is 11.5 Å². The van der Waals surface area contributed by atoms with Gasteiger partial charge in [-0.2, -0.15) is 0 Å². The van der Waals surface area contributed by atoms with Gasteiger partial charge in [-0.05, 0) is 12.8 Å². The summed E-state index contributed by atoms with van der Waals surface area (Å²) in [6.45, 7) is 3.49. The molecule has 0 aliphatic rings. The molecule has 0 bridgehead atoms. The van der Waals surface area contributed by atoms with Crippen molar-refractivity contribution < 1.29 is 23.1 Å². The third-order valence-corrected chi connectivity index (χ3v) is 3.81. The van der Waals surface area contributed by atoms with E-state index in [1.54, 1.807) is 13.8 Å². The van der Waals surface area contributed by atoms with Gasteiger partial charge < -0.3 is 10.4 Å². The van der Waals surface area contributed by atoms with Gasteiger partial charge in [-0.25, -0.2) is 13.2 Å². The van der Waals surface area contributed by atoms with E-state index >= 15 is 0 Å². The third-order valence-electron chi connectivity index (χ3n) is 2.08. The van der Waals surface area contributed by atoms with E-state index in [1.165, 1.54) is 0 Å². The number of sulfone groups is 1. The number of rotatable bonds is 8. The fraction of sp³-hybridized carbons (Fsp3) is 0.800. The molecule has 0 spiro atoms. The van der Waals surface area contributed by atoms with E-state index in [1.807, 2.05) is 0 Å². The fourth-order valence-electron chi connectivity index (χ4n) is 1.36.